The van der Waals surface area contributed by atoms with Crippen molar-refractivity contribution >= 4 is 11.5 Å². The Balaban J connectivity index is 1.62. The number of allylic oxidation sites excluding steroid dienone is 2. The summed E-state index contributed by atoms with van der Waals surface area (Å²) in [5.74, 6) is -0.351. The van der Waals surface area contributed by atoms with Crippen molar-refractivity contribution in [3.63, 3.8) is 0 Å². The van der Waals surface area contributed by atoms with E-state index in [0.29, 0.717) is 11.5 Å². The zero-order valence-corrected chi connectivity index (χ0v) is 13.8. The molecule has 0 saturated carbocycles. The van der Waals surface area contributed by atoms with Crippen molar-refractivity contribution in [1.82, 2.24) is 15.3 Å². The third-order valence-electron chi connectivity index (χ3n) is 4.73. The fourth-order valence-corrected chi connectivity index (χ4v) is 3.23. The summed E-state index contributed by atoms with van der Waals surface area (Å²) >= 11 is 0. The Morgan fingerprint density at radius 1 is 1.21 bits per heavy atom. The van der Waals surface area contributed by atoms with E-state index in [4.69, 9.17) is 11.5 Å². The molecule has 0 amide bonds. The number of hydrogen-bond acceptors (Lipinski definition) is 7. The standard InChI is InChI=1S/C17H23N7/c1-22-8-10-23(11-9-22)14-5-2-4-13(12-14)17(19)20-16-15(18)6-3-7-24(16)21-17/h2-7,12,21H,8-11,18-19H2,1H3. The number of nitrogens with zero attached hydrogens (tertiary/aromatic N) is 4. The van der Waals surface area contributed by atoms with Crippen LogP contribution < -0.4 is 21.8 Å². The molecule has 1 atom stereocenters. The minimum atomic E-state index is -1.01. The van der Waals surface area contributed by atoms with E-state index < -0.39 is 5.79 Å². The number of aliphatic imine (C=N–C) groups is 1. The van der Waals surface area contributed by atoms with Gasteiger partial charge in [-0.2, -0.15) is 5.43 Å². The first-order chi connectivity index (χ1) is 11.5. The number of hydrazine groups is 1. The lowest BCUT2D eigenvalue weighted by Crippen LogP contribution is -2.51. The second-order valence-electron chi connectivity index (χ2n) is 6.49. The average molecular weight is 325 g/mol. The predicted molar refractivity (Wildman–Crippen MR) is 95.8 cm³/mol. The summed E-state index contributed by atoms with van der Waals surface area (Å²) < 4.78 is 0. The molecular weight excluding hydrogens is 302 g/mol. The Morgan fingerprint density at radius 3 is 2.75 bits per heavy atom. The van der Waals surface area contributed by atoms with Crippen LogP contribution in [0.25, 0.3) is 0 Å². The van der Waals surface area contributed by atoms with Crippen LogP contribution in [0.15, 0.2) is 53.3 Å². The number of anilines is 1. The molecule has 3 heterocycles. The number of nitrogens with two attached hydrogens (primary N) is 2. The molecule has 0 radical (unpaired) electrons. The van der Waals surface area contributed by atoms with Crippen LogP contribution in [-0.2, 0) is 5.79 Å². The molecular formula is C17H23N7. The van der Waals surface area contributed by atoms with Crippen LogP contribution in [-0.4, -0.2) is 49.0 Å². The third-order valence-corrected chi connectivity index (χ3v) is 4.73. The predicted octanol–water partition coefficient (Wildman–Crippen LogP) is 0.0960. The molecule has 126 valence electrons. The summed E-state index contributed by atoms with van der Waals surface area (Å²) in [5, 5.41) is 1.78. The van der Waals surface area contributed by atoms with Crippen LogP contribution in [0.3, 0.4) is 0 Å². The second-order valence-corrected chi connectivity index (χ2v) is 6.49. The van der Waals surface area contributed by atoms with E-state index in [0.717, 1.165) is 31.7 Å². The van der Waals surface area contributed by atoms with Gasteiger partial charge in [-0.25, -0.2) is 4.99 Å². The zero-order valence-electron chi connectivity index (χ0n) is 13.8. The highest BCUT2D eigenvalue weighted by Crippen LogP contribution is 2.28. The maximum Gasteiger partial charge on any atom is 0.208 e. The smallest absolute Gasteiger partial charge is 0.208 e. The highest BCUT2D eigenvalue weighted by atomic mass is 15.6. The summed E-state index contributed by atoms with van der Waals surface area (Å²) in [4.78, 5) is 9.36. The van der Waals surface area contributed by atoms with E-state index in [2.05, 4.69) is 39.4 Å². The first-order valence-electron chi connectivity index (χ1n) is 8.19. The summed E-state index contributed by atoms with van der Waals surface area (Å²) in [6, 6.07) is 8.27. The molecule has 4 rings (SSSR count). The molecule has 1 unspecified atom stereocenters. The Hall–Kier alpha value is -2.35. The highest BCUT2D eigenvalue weighted by molar-refractivity contribution is 6.00. The minimum Gasteiger partial charge on any atom is -0.396 e. The molecule has 3 aliphatic rings. The van der Waals surface area contributed by atoms with Crippen molar-refractivity contribution in [2.45, 2.75) is 5.79 Å². The Kier molecular flexibility index (Phi) is 3.56. The van der Waals surface area contributed by atoms with Crippen LogP contribution in [0, 0.1) is 0 Å². The monoisotopic (exact) mass is 325 g/mol. The molecule has 0 spiro atoms. The summed E-state index contributed by atoms with van der Waals surface area (Å²) in [7, 11) is 2.16. The van der Waals surface area contributed by atoms with Gasteiger partial charge in [-0.3, -0.25) is 10.7 Å². The lowest BCUT2D eigenvalue weighted by Gasteiger charge is -2.34. The first-order valence-corrected chi connectivity index (χ1v) is 8.19. The van der Waals surface area contributed by atoms with Crippen molar-refractivity contribution < 1.29 is 0 Å². The highest BCUT2D eigenvalue weighted by Gasteiger charge is 2.38. The number of nitrogens with one attached hydrogen (secondary N) is 1. The fourth-order valence-electron chi connectivity index (χ4n) is 3.23. The van der Waals surface area contributed by atoms with Crippen molar-refractivity contribution in [2.24, 2.45) is 16.5 Å². The van der Waals surface area contributed by atoms with Crippen LogP contribution in [0.5, 0.6) is 0 Å². The zero-order chi connectivity index (χ0) is 16.7. The Morgan fingerprint density at radius 2 is 2.00 bits per heavy atom. The molecule has 1 aromatic rings. The quantitative estimate of drug-likeness (QED) is 0.715. The normalized spacial score (nSPS) is 27.1. The van der Waals surface area contributed by atoms with Gasteiger partial charge in [-0.1, -0.05) is 12.1 Å². The second kappa shape index (κ2) is 5.62. The molecule has 0 aromatic heterocycles. The van der Waals surface area contributed by atoms with Gasteiger partial charge in [0.15, 0.2) is 5.84 Å². The van der Waals surface area contributed by atoms with Gasteiger partial charge in [0.25, 0.3) is 0 Å². The molecule has 1 saturated heterocycles. The lowest BCUT2D eigenvalue weighted by atomic mass is 10.1. The number of amidine groups is 1. The molecule has 24 heavy (non-hydrogen) atoms. The molecule has 7 heteroatoms. The fraction of sp³-hybridized carbons (Fsp3) is 0.353. The van der Waals surface area contributed by atoms with E-state index in [1.54, 1.807) is 5.01 Å². The SMILES string of the molecule is CN1CCN(c2cccc(C3(N)N=C4C(N)=CC=CN4N3)c2)CC1. The summed E-state index contributed by atoms with van der Waals surface area (Å²) in [5.41, 5.74) is 18.5. The van der Waals surface area contributed by atoms with Crippen LogP contribution in [0.1, 0.15) is 5.56 Å². The van der Waals surface area contributed by atoms with Gasteiger partial charge in [-0.15, -0.1) is 0 Å². The number of likely N-dealkylation sites (N-methyl/N-ethyl adjacent to an activating group) is 1. The summed E-state index contributed by atoms with van der Waals surface area (Å²) in [6.07, 6.45) is 5.56. The van der Waals surface area contributed by atoms with Gasteiger partial charge in [-0.05, 0) is 31.3 Å². The van der Waals surface area contributed by atoms with Crippen molar-refractivity contribution in [1.29, 1.82) is 0 Å². The van der Waals surface area contributed by atoms with E-state index >= 15 is 0 Å². The molecule has 0 bridgehead atoms. The molecule has 1 fully saturated rings. The molecule has 5 N–H and O–H groups in total. The number of fused-ring (bicyclic) bond motifs is 1. The number of piperazine rings is 1. The van der Waals surface area contributed by atoms with Crippen LogP contribution >= 0.6 is 0 Å². The van der Waals surface area contributed by atoms with Gasteiger partial charge < -0.3 is 15.5 Å². The molecule has 3 aliphatic heterocycles. The first kappa shape index (κ1) is 15.2. The molecule has 0 aliphatic carbocycles. The van der Waals surface area contributed by atoms with Gasteiger partial charge in [0.1, 0.15) is 0 Å². The van der Waals surface area contributed by atoms with E-state index in [9.17, 15) is 0 Å². The number of benzene rings is 1. The van der Waals surface area contributed by atoms with E-state index in [1.807, 2.05) is 30.5 Å². The minimum absolute atomic E-state index is 0.604. The van der Waals surface area contributed by atoms with Crippen LogP contribution in [0.2, 0.25) is 0 Å². The molecule has 7 nitrogen and oxygen atoms in total. The largest absolute Gasteiger partial charge is 0.396 e. The van der Waals surface area contributed by atoms with Gasteiger partial charge in [0, 0.05) is 43.6 Å². The average Bonchev–Trinajstić information content (AvgIpc) is 2.95. The van der Waals surface area contributed by atoms with Gasteiger partial charge >= 0.3 is 0 Å². The van der Waals surface area contributed by atoms with E-state index in [-0.39, 0.29) is 0 Å². The lowest BCUT2D eigenvalue weighted by molar-refractivity contribution is 0.273. The number of hydrogen-bond donors (Lipinski definition) is 3. The van der Waals surface area contributed by atoms with Crippen molar-refractivity contribution in [2.75, 3.05) is 38.1 Å². The van der Waals surface area contributed by atoms with Crippen molar-refractivity contribution in [3.05, 3.63) is 53.9 Å². The maximum atomic E-state index is 6.54. The topological polar surface area (TPSA) is 86.1 Å². The van der Waals surface area contributed by atoms with Gasteiger partial charge in [0.05, 0.1) is 5.70 Å². The van der Waals surface area contributed by atoms with Gasteiger partial charge in [0.2, 0.25) is 5.79 Å². The Bertz CT molecular complexity index is 730. The van der Waals surface area contributed by atoms with Crippen molar-refractivity contribution in [3.8, 4) is 0 Å². The number of rotatable bonds is 2. The van der Waals surface area contributed by atoms with Crippen LogP contribution in [0.4, 0.5) is 5.69 Å². The Labute approximate surface area is 141 Å². The van der Waals surface area contributed by atoms with E-state index in [1.165, 1.54) is 5.69 Å². The maximum absolute atomic E-state index is 6.54. The molecule has 1 aromatic carbocycles. The third kappa shape index (κ3) is 2.56. The summed E-state index contributed by atoms with van der Waals surface area (Å²) in [6.45, 7) is 4.17.